The molecule has 3 N–H and O–H groups in total. The second-order valence-electron chi connectivity index (χ2n) is 7.46. The summed E-state index contributed by atoms with van der Waals surface area (Å²) in [7, 11) is 2.97. The zero-order chi connectivity index (χ0) is 26.0. The molecule has 0 fully saturated rings. The second-order valence-corrected chi connectivity index (χ2v) is 7.46. The van der Waals surface area contributed by atoms with E-state index in [1.807, 2.05) is 6.07 Å². The van der Waals surface area contributed by atoms with Crippen LogP contribution >= 0.6 is 0 Å². The molecule has 0 saturated carbocycles. The number of carboxylic acids is 1. The Morgan fingerprint density at radius 3 is 2.57 bits per heavy atom. The highest BCUT2D eigenvalue weighted by Crippen LogP contribution is 2.17. The lowest BCUT2D eigenvalue weighted by Crippen LogP contribution is -2.40. The van der Waals surface area contributed by atoms with Gasteiger partial charge in [-0.2, -0.15) is 5.26 Å². The Kier molecular flexibility index (Phi) is 9.80. The molecule has 1 heterocycles. The van der Waals surface area contributed by atoms with Gasteiger partial charge in [0.05, 0.1) is 11.1 Å². The van der Waals surface area contributed by atoms with Crippen LogP contribution in [0.25, 0.3) is 0 Å². The van der Waals surface area contributed by atoms with Crippen LogP contribution in [0.15, 0.2) is 46.0 Å². The van der Waals surface area contributed by atoms with Crippen LogP contribution in [0, 0.1) is 18.3 Å². The number of carbonyl (C=O) groups excluding carboxylic acids is 1. The molecule has 0 spiro atoms. The van der Waals surface area contributed by atoms with Gasteiger partial charge in [-0.1, -0.05) is 12.1 Å². The highest BCUT2D eigenvalue weighted by atomic mass is 16.6. The fourth-order valence-electron chi connectivity index (χ4n) is 3.14. The average molecular weight is 485 g/mol. The number of rotatable bonds is 12. The molecule has 0 saturated heterocycles. The molecule has 1 atom stereocenters. The third-order valence-corrected chi connectivity index (χ3v) is 4.93. The smallest absolute Gasteiger partial charge is 0.332 e. The molecule has 0 aliphatic rings. The van der Waals surface area contributed by atoms with Crippen LogP contribution in [-0.4, -0.2) is 58.5 Å². The number of nitriles is 1. The largest absolute Gasteiger partial charge is 0.488 e. The number of carbonyl (C=O) groups is 2. The van der Waals surface area contributed by atoms with Crippen LogP contribution in [-0.2, 0) is 28.4 Å². The summed E-state index contributed by atoms with van der Waals surface area (Å²) >= 11 is 0. The summed E-state index contributed by atoms with van der Waals surface area (Å²) in [6.07, 6.45) is 0.654. The van der Waals surface area contributed by atoms with E-state index in [2.05, 4.69) is 10.6 Å². The summed E-state index contributed by atoms with van der Waals surface area (Å²) in [6.45, 7) is 2.40. The van der Waals surface area contributed by atoms with Gasteiger partial charge in [0, 0.05) is 45.9 Å². The second kappa shape index (κ2) is 12.8. The molecule has 1 unspecified atom stereocenters. The maximum Gasteiger partial charge on any atom is 0.332 e. The fourth-order valence-corrected chi connectivity index (χ4v) is 3.14. The number of esters is 1. The van der Waals surface area contributed by atoms with Crippen molar-refractivity contribution >= 4 is 17.8 Å². The molecule has 35 heavy (non-hydrogen) atoms. The zero-order valence-corrected chi connectivity index (χ0v) is 19.6. The number of hydrogen-bond donors (Lipinski definition) is 3. The van der Waals surface area contributed by atoms with Crippen molar-refractivity contribution in [1.29, 1.82) is 5.26 Å². The van der Waals surface area contributed by atoms with Crippen LogP contribution in [0.3, 0.4) is 0 Å². The van der Waals surface area contributed by atoms with Crippen molar-refractivity contribution in [2.24, 2.45) is 14.1 Å². The zero-order valence-electron chi connectivity index (χ0n) is 19.6. The van der Waals surface area contributed by atoms with Gasteiger partial charge < -0.3 is 25.2 Å². The van der Waals surface area contributed by atoms with E-state index in [0.717, 1.165) is 10.6 Å². The topological polar surface area (TPSA) is 165 Å². The summed E-state index contributed by atoms with van der Waals surface area (Å²) in [4.78, 5) is 46.8. The van der Waals surface area contributed by atoms with Gasteiger partial charge in [-0.05, 0) is 19.1 Å². The highest BCUT2D eigenvalue weighted by molar-refractivity contribution is 5.90. The Bertz CT molecular complexity index is 1220. The molecular formula is C23H27N5O7. The number of carboxylic acid groups (broad SMARTS) is 1. The molecule has 0 bridgehead atoms. The van der Waals surface area contributed by atoms with Gasteiger partial charge in [-0.15, -0.1) is 0 Å². The Morgan fingerprint density at radius 1 is 1.17 bits per heavy atom. The van der Waals surface area contributed by atoms with Crippen molar-refractivity contribution in [1.82, 2.24) is 14.5 Å². The quantitative estimate of drug-likeness (QED) is 0.210. The first-order chi connectivity index (χ1) is 16.6. The van der Waals surface area contributed by atoms with Crippen LogP contribution < -0.4 is 26.6 Å². The van der Waals surface area contributed by atoms with Crippen molar-refractivity contribution < 1.29 is 24.2 Å². The lowest BCUT2D eigenvalue weighted by molar-refractivity contribution is -0.144. The molecule has 1 aromatic heterocycles. The summed E-state index contributed by atoms with van der Waals surface area (Å²) in [5, 5.41) is 24.0. The van der Waals surface area contributed by atoms with E-state index < -0.39 is 23.7 Å². The van der Waals surface area contributed by atoms with Gasteiger partial charge in [0.2, 0.25) is 0 Å². The number of para-hydroxylation sites is 1. The number of nitrogens with zero attached hydrogens (tertiary/aromatic N) is 3. The summed E-state index contributed by atoms with van der Waals surface area (Å²) in [5.74, 6) is -1.43. The van der Waals surface area contributed by atoms with Gasteiger partial charge >= 0.3 is 17.6 Å². The number of benzene rings is 1. The maximum atomic E-state index is 12.1. The van der Waals surface area contributed by atoms with Crippen LogP contribution in [0.5, 0.6) is 5.75 Å². The van der Waals surface area contributed by atoms with Gasteiger partial charge in [-0.25, -0.2) is 14.4 Å². The number of hydrogen-bond acceptors (Lipinski definition) is 9. The van der Waals surface area contributed by atoms with Crippen molar-refractivity contribution in [2.75, 3.05) is 31.6 Å². The molecule has 2 aromatic rings. The normalized spacial score (nSPS) is 11.6. The maximum absolute atomic E-state index is 12.1. The minimum atomic E-state index is -1.29. The predicted molar refractivity (Wildman–Crippen MR) is 126 cm³/mol. The first-order valence-corrected chi connectivity index (χ1v) is 10.6. The molecule has 0 aliphatic heterocycles. The van der Waals surface area contributed by atoms with Gasteiger partial charge in [0.1, 0.15) is 30.3 Å². The number of anilines is 1. The van der Waals surface area contributed by atoms with Crippen LogP contribution in [0.1, 0.15) is 11.1 Å². The molecule has 0 amide bonds. The van der Waals surface area contributed by atoms with Crippen molar-refractivity contribution in [3.63, 3.8) is 0 Å². The molecule has 0 radical (unpaired) electrons. The third-order valence-electron chi connectivity index (χ3n) is 4.93. The van der Waals surface area contributed by atoms with E-state index in [9.17, 15) is 24.4 Å². The number of aromatic nitrogens is 2. The van der Waals surface area contributed by atoms with E-state index in [1.165, 1.54) is 11.6 Å². The summed E-state index contributed by atoms with van der Waals surface area (Å²) in [5.41, 5.74) is -0.126. The van der Waals surface area contributed by atoms with Gasteiger partial charge in [0.25, 0.3) is 5.56 Å². The lowest BCUT2D eigenvalue weighted by atomic mass is 10.2. The minimum absolute atomic E-state index is 0.0892. The van der Waals surface area contributed by atoms with E-state index >= 15 is 0 Å². The Balaban J connectivity index is 1.98. The fraction of sp³-hybridized carbons (Fsp3) is 0.348. The van der Waals surface area contributed by atoms with E-state index in [1.54, 1.807) is 38.2 Å². The van der Waals surface area contributed by atoms with Crippen molar-refractivity contribution in [3.8, 4) is 11.8 Å². The molecular weight excluding hydrogens is 458 g/mol. The minimum Gasteiger partial charge on any atom is -0.488 e. The van der Waals surface area contributed by atoms with Gasteiger partial charge in [0.15, 0.2) is 0 Å². The first kappa shape index (κ1) is 26.9. The lowest BCUT2D eigenvalue weighted by Gasteiger charge is -2.19. The number of nitrogens with one attached hydrogen (secondary N) is 2. The van der Waals surface area contributed by atoms with E-state index in [0.29, 0.717) is 41.9 Å². The van der Waals surface area contributed by atoms with Crippen LogP contribution in [0.2, 0.25) is 0 Å². The molecule has 2 rings (SSSR count). The number of ether oxygens (including phenoxy) is 2. The standard InChI is InChI=1S/C23H27N5O7/c1-15-21(27(2)23(33)28(3)22(15)32)26-11-10-25-13-17(35-20(31)9-8-19(29)30)14-34-18-7-5-4-6-16(18)12-24/h4-9,17,25-26H,10-11,13-14H2,1-3H3,(H,29,30)/b9-8+. The molecule has 0 aliphatic carbocycles. The Morgan fingerprint density at radius 2 is 1.89 bits per heavy atom. The van der Waals surface area contributed by atoms with E-state index in [-0.39, 0.29) is 18.7 Å². The monoisotopic (exact) mass is 485 g/mol. The summed E-state index contributed by atoms with van der Waals surface area (Å²) in [6, 6.07) is 8.59. The van der Waals surface area contributed by atoms with Crippen molar-refractivity contribution in [2.45, 2.75) is 13.0 Å². The third kappa shape index (κ3) is 7.58. The van der Waals surface area contributed by atoms with Crippen molar-refractivity contribution in [3.05, 3.63) is 68.4 Å². The SMILES string of the molecule is Cc1c(NCCNCC(COc2ccccc2C#N)OC(=O)/C=C/C(=O)O)n(C)c(=O)n(C)c1=O. The summed E-state index contributed by atoms with van der Waals surface area (Å²) < 4.78 is 13.3. The first-order valence-electron chi connectivity index (χ1n) is 10.6. The molecule has 1 aromatic carbocycles. The van der Waals surface area contributed by atoms with E-state index in [4.69, 9.17) is 14.6 Å². The number of aliphatic carboxylic acids is 1. The van der Waals surface area contributed by atoms with Gasteiger partial charge in [-0.3, -0.25) is 13.9 Å². The highest BCUT2D eigenvalue weighted by Gasteiger charge is 2.16. The average Bonchev–Trinajstić information content (AvgIpc) is 2.85. The molecule has 12 nitrogen and oxygen atoms in total. The predicted octanol–water partition coefficient (Wildman–Crippen LogP) is -0.103. The molecule has 12 heteroatoms. The Labute approximate surface area is 201 Å². The van der Waals surface area contributed by atoms with Crippen LogP contribution in [0.4, 0.5) is 5.82 Å². The molecule has 186 valence electrons. The Hall–Kier alpha value is -4.37.